The summed E-state index contributed by atoms with van der Waals surface area (Å²) in [4.78, 5) is 14.0. The van der Waals surface area contributed by atoms with Crippen molar-refractivity contribution in [2.45, 2.75) is 6.54 Å². The van der Waals surface area contributed by atoms with Crippen LogP contribution in [0.5, 0.6) is 0 Å². The average molecular weight is 235 g/mol. The summed E-state index contributed by atoms with van der Waals surface area (Å²) in [5.41, 5.74) is 1.48. The zero-order valence-corrected chi connectivity index (χ0v) is 9.29. The Morgan fingerprint density at radius 1 is 1.25 bits per heavy atom. The third-order valence-corrected chi connectivity index (χ3v) is 2.42. The second-order valence-corrected chi connectivity index (χ2v) is 3.83. The number of aromatic amines is 1. The molecule has 4 heteroatoms. The number of pyridine rings is 1. The number of benzene rings is 1. The Hall–Kier alpha value is -1.74. The van der Waals surface area contributed by atoms with Gasteiger partial charge in [0, 0.05) is 24.0 Å². The molecule has 0 spiro atoms. The average Bonchev–Trinajstić information content (AvgIpc) is 2.32. The number of rotatable bonds is 3. The van der Waals surface area contributed by atoms with Crippen LogP contribution < -0.4 is 10.9 Å². The van der Waals surface area contributed by atoms with Gasteiger partial charge in [-0.25, -0.2) is 0 Å². The lowest BCUT2D eigenvalue weighted by atomic mass is 10.2. The molecule has 2 N–H and O–H groups in total. The largest absolute Gasteiger partial charge is 0.381 e. The topological polar surface area (TPSA) is 44.9 Å². The fraction of sp³-hybridized carbons (Fsp3) is 0.0833. The summed E-state index contributed by atoms with van der Waals surface area (Å²) in [7, 11) is 0. The van der Waals surface area contributed by atoms with Gasteiger partial charge in [0.15, 0.2) is 0 Å². The molecule has 0 radical (unpaired) electrons. The van der Waals surface area contributed by atoms with Gasteiger partial charge in [0.05, 0.1) is 5.02 Å². The van der Waals surface area contributed by atoms with Gasteiger partial charge in [-0.3, -0.25) is 4.79 Å². The first-order valence-corrected chi connectivity index (χ1v) is 5.29. The standard InChI is InChI=1S/C12H11ClN2O/c13-10-6-9(12(16)15-8-10)7-14-11-4-2-1-3-5-11/h1-6,8,14H,7H2,(H,15,16). The number of H-pyrrole nitrogens is 1. The Kier molecular flexibility index (Phi) is 3.27. The molecule has 1 aromatic heterocycles. The summed E-state index contributed by atoms with van der Waals surface area (Å²) in [6, 6.07) is 11.4. The minimum atomic E-state index is -0.118. The Bertz CT molecular complexity index is 522. The van der Waals surface area contributed by atoms with E-state index < -0.39 is 0 Å². The van der Waals surface area contributed by atoms with Crippen LogP contribution in [0.2, 0.25) is 5.02 Å². The van der Waals surface area contributed by atoms with Crippen LogP contribution >= 0.6 is 11.6 Å². The fourth-order valence-corrected chi connectivity index (χ4v) is 1.57. The van der Waals surface area contributed by atoms with Gasteiger partial charge < -0.3 is 10.3 Å². The highest BCUT2D eigenvalue weighted by Crippen LogP contribution is 2.09. The SMILES string of the molecule is O=c1[nH]cc(Cl)cc1CNc1ccccc1. The van der Waals surface area contributed by atoms with E-state index in [1.807, 2.05) is 30.3 Å². The molecular formula is C12H11ClN2O. The van der Waals surface area contributed by atoms with Gasteiger partial charge in [0.25, 0.3) is 5.56 Å². The van der Waals surface area contributed by atoms with Crippen LogP contribution in [0.1, 0.15) is 5.56 Å². The van der Waals surface area contributed by atoms with E-state index in [2.05, 4.69) is 10.3 Å². The second-order valence-electron chi connectivity index (χ2n) is 3.39. The maximum atomic E-state index is 11.4. The van der Waals surface area contributed by atoms with E-state index in [9.17, 15) is 4.79 Å². The fourth-order valence-electron chi connectivity index (χ4n) is 1.39. The Morgan fingerprint density at radius 3 is 2.75 bits per heavy atom. The highest BCUT2D eigenvalue weighted by atomic mass is 35.5. The number of aromatic nitrogens is 1. The minimum absolute atomic E-state index is 0.118. The number of nitrogens with one attached hydrogen (secondary N) is 2. The van der Waals surface area contributed by atoms with Crippen molar-refractivity contribution >= 4 is 17.3 Å². The first-order chi connectivity index (χ1) is 7.75. The number of anilines is 1. The van der Waals surface area contributed by atoms with Gasteiger partial charge in [-0.15, -0.1) is 0 Å². The number of halogens is 1. The van der Waals surface area contributed by atoms with Crippen molar-refractivity contribution in [1.82, 2.24) is 4.98 Å². The van der Waals surface area contributed by atoms with Crippen molar-refractivity contribution < 1.29 is 0 Å². The van der Waals surface area contributed by atoms with Crippen LogP contribution in [-0.4, -0.2) is 4.98 Å². The molecule has 0 aliphatic heterocycles. The van der Waals surface area contributed by atoms with Gasteiger partial charge in [-0.1, -0.05) is 29.8 Å². The van der Waals surface area contributed by atoms with Crippen LogP contribution in [0.15, 0.2) is 47.4 Å². The summed E-state index contributed by atoms with van der Waals surface area (Å²) in [6.07, 6.45) is 1.48. The Morgan fingerprint density at radius 2 is 2.00 bits per heavy atom. The van der Waals surface area contributed by atoms with Crippen LogP contribution in [0.25, 0.3) is 0 Å². The van der Waals surface area contributed by atoms with Crippen molar-refractivity contribution in [3.8, 4) is 0 Å². The van der Waals surface area contributed by atoms with Crippen molar-refractivity contribution in [1.29, 1.82) is 0 Å². The molecule has 2 rings (SSSR count). The molecule has 0 fully saturated rings. The molecule has 0 bridgehead atoms. The van der Waals surface area contributed by atoms with Crippen LogP contribution in [0, 0.1) is 0 Å². The quantitative estimate of drug-likeness (QED) is 0.858. The van der Waals surface area contributed by atoms with E-state index >= 15 is 0 Å². The first-order valence-electron chi connectivity index (χ1n) is 4.92. The van der Waals surface area contributed by atoms with Crippen LogP contribution in [0.4, 0.5) is 5.69 Å². The molecule has 0 unspecified atom stereocenters. The maximum Gasteiger partial charge on any atom is 0.253 e. The van der Waals surface area contributed by atoms with Crippen molar-refractivity contribution in [3.63, 3.8) is 0 Å². The molecule has 1 heterocycles. The third kappa shape index (κ3) is 2.64. The maximum absolute atomic E-state index is 11.4. The third-order valence-electron chi connectivity index (χ3n) is 2.20. The van der Waals surface area contributed by atoms with E-state index in [-0.39, 0.29) is 5.56 Å². The van der Waals surface area contributed by atoms with E-state index in [4.69, 9.17) is 11.6 Å². The molecule has 0 atom stereocenters. The Balaban J connectivity index is 2.11. The van der Waals surface area contributed by atoms with Gasteiger partial charge in [-0.05, 0) is 18.2 Å². The second kappa shape index (κ2) is 4.86. The zero-order chi connectivity index (χ0) is 11.4. The molecule has 0 aliphatic carbocycles. The summed E-state index contributed by atoms with van der Waals surface area (Å²) in [6.45, 7) is 0.458. The molecule has 0 aliphatic rings. The minimum Gasteiger partial charge on any atom is -0.381 e. The molecule has 3 nitrogen and oxygen atoms in total. The first kappa shape index (κ1) is 10.8. The van der Waals surface area contributed by atoms with Gasteiger partial charge in [0.1, 0.15) is 0 Å². The zero-order valence-electron chi connectivity index (χ0n) is 8.53. The highest BCUT2D eigenvalue weighted by Gasteiger charge is 2.00. The molecule has 82 valence electrons. The molecule has 0 saturated heterocycles. The van der Waals surface area contributed by atoms with Gasteiger partial charge in [-0.2, -0.15) is 0 Å². The molecule has 0 saturated carbocycles. The Labute approximate surface area is 98.1 Å². The number of hydrogen-bond acceptors (Lipinski definition) is 2. The van der Waals surface area contributed by atoms with Crippen molar-refractivity contribution in [2.75, 3.05) is 5.32 Å². The van der Waals surface area contributed by atoms with Gasteiger partial charge >= 0.3 is 0 Å². The predicted molar refractivity (Wildman–Crippen MR) is 65.8 cm³/mol. The molecule has 1 aromatic carbocycles. The van der Waals surface area contributed by atoms with Crippen molar-refractivity contribution in [3.05, 3.63) is 63.5 Å². The van der Waals surface area contributed by atoms with Crippen molar-refractivity contribution in [2.24, 2.45) is 0 Å². The monoisotopic (exact) mass is 234 g/mol. The van der Waals surface area contributed by atoms with Gasteiger partial charge in [0.2, 0.25) is 0 Å². The van der Waals surface area contributed by atoms with Crippen LogP contribution in [-0.2, 0) is 6.54 Å². The highest BCUT2D eigenvalue weighted by molar-refractivity contribution is 6.30. The number of hydrogen-bond donors (Lipinski definition) is 2. The lowest BCUT2D eigenvalue weighted by Crippen LogP contribution is -2.14. The molecular weight excluding hydrogens is 224 g/mol. The summed E-state index contributed by atoms with van der Waals surface area (Å²) in [5, 5.41) is 3.68. The van der Waals surface area contributed by atoms with E-state index in [0.29, 0.717) is 17.1 Å². The molecule has 2 aromatic rings. The smallest absolute Gasteiger partial charge is 0.253 e. The van der Waals surface area contributed by atoms with E-state index in [0.717, 1.165) is 5.69 Å². The normalized spacial score (nSPS) is 10.1. The molecule has 16 heavy (non-hydrogen) atoms. The summed E-state index contributed by atoms with van der Waals surface area (Å²) in [5.74, 6) is 0. The lowest BCUT2D eigenvalue weighted by molar-refractivity contribution is 1.07. The molecule has 0 amide bonds. The number of para-hydroxylation sites is 1. The van der Waals surface area contributed by atoms with E-state index in [1.165, 1.54) is 6.20 Å². The summed E-state index contributed by atoms with van der Waals surface area (Å²) < 4.78 is 0. The van der Waals surface area contributed by atoms with Crippen LogP contribution in [0.3, 0.4) is 0 Å². The van der Waals surface area contributed by atoms with E-state index in [1.54, 1.807) is 6.07 Å². The lowest BCUT2D eigenvalue weighted by Gasteiger charge is -2.05. The summed E-state index contributed by atoms with van der Waals surface area (Å²) >= 11 is 5.80. The predicted octanol–water partition coefficient (Wildman–Crippen LogP) is 2.64.